The van der Waals surface area contributed by atoms with E-state index in [0.717, 1.165) is 31.6 Å². The Bertz CT molecular complexity index is 251. The van der Waals surface area contributed by atoms with E-state index in [1.807, 2.05) is 0 Å². The van der Waals surface area contributed by atoms with Crippen molar-refractivity contribution >= 4 is 16.7 Å². The van der Waals surface area contributed by atoms with Gasteiger partial charge in [-0.25, -0.2) is 0 Å². The minimum absolute atomic E-state index is 0.0102. The highest BCUT2D eigenvalue weighted by Crippen LogP contribution is 2.10. The second-order valence-electron chi connectivity index (χ2n) is 3.95. The largest absolute Gasteiger partial charge is 0.351 e. The fraction of sp³-hybridized carbons (Fsp3) is 0.889. The fourth-order valence-electron chi connectivity index (χ4n) is 1.99. The standard InChI is InChI=1S/C9H16N2O2S/c12-9(8-2-1-4-10-8)11-7-3-5-14(13)6-7/h7-8,10H,1-6H2,(H,11,12)/t7?,8-,14?/m1/s1. The van der Waals surface area contributed by atoms with Crippen molar-refractivity contribution in [2.24, 2.45) is 0 Å². The molecule has 80 valence electrons. The van der Waals surface area contributed by atoms with Gasteiger partial charge in [0.25, 0.3) is 0 Å². The van der Waals surface area contributed by atoms with Gasteiger partial charge in [-0.3, -0.25) is 9.00 Å². The molecule has 0 aliphatic carbocycles. The van der Waals surface area contributed by atoms with Crippen LogP contribution in [0.15, 0.2) is 0 Å². The molecule has 2 rings (SSSR count). The van der Waals surface area contributed by atoms with Gasteiger partial charge in [-0.2, -0.15) is 0 Å². The van der Waals surface area contributed by atoms with Crippen molar-refractivity contribution in [2.45, 2.75) is 31.3 Å². The molecular weight excluding hydrogens is 200 g/mol. The van der Waals surface area contributed by atoms with Crippen LogP contribution in [0.4, 0.5) is 0 Å². The summed E-state index contributed by atoms with van der Waals surface area (Å²) < 4.78 is 11.1. The summed E-state index contributed by atoms with van der Waals surface area (Å²) in [5.41, 5.74) is 0. The van der Waals surface area contributed by atoms with Gasteiger partial charge < -0.3 is 10.6 Å². The molecule has 4 nitrogen and oxygen atoms in total. The molecule has 0 saturated carbocycles. The van der Waals surface area contributed by atoms with Gasteiger partial charge >= 0.3 is 0 Å². The average Bonchev–Trinajstić information content (AvgIpc) is 2.75. The van der Waals surface area contributed by atoms with Crippen molar-refractivity contribution < 1.29 is 9.00 Å². The predicted molar refractivity (Wildman–Crippen MR) is 55.4 cm³/mol. The van der Waals surface area contributed by atoms with Crippen LogP contribution in [0.25, 0.3) is 0 Å². The maximum absolute atomic E-state index is 11.6. The Morgan fingerprint density at radius 1 is 1.43 bits per heavy atom. The second kappa shape index (κ2) is 4.40. The minimum atomic E-state index is -0.706. The lowest BCUT2D eigenvalue weighted by Gasteiger charge is -2.15. The molecule has 0 aromatic rings. The van der Waals surface area contributed by atoms with Crippen molar-refractivity contribution in [3.63, 3.8) is 0 Å². The molecule has 0 aromatic carbocycles. The van der Waals surface area contributed by atoms with Gasteiger partial charge in [0.1, 0.15) is 0 Å². The maximum atomic E-state index is 11.6. The molecule has 2 aliphatic heterocycles. The zero-order chi connectivity index (χ0) is 9.97. The predicted octanol–water partition coefficient (Wildman–Crippen LogP) is -0.624. The molecule has 0 spiro atoms. The summed E-state index contributed by atoms with van der Waals surface area (Å²) in [4.78, 5) is 11.6. The lowest BCUT2D eigenvalue weighted by Crippen LogP contribution is -2.45. The lowest BCUT2D eigenvalue weighted by molar-refractivity contribution is -0.123. The van der Waals surface area contributed by atoms with Gasteiger partial charge in [0.15, 0.2) is 0 Å². The zero-order valence-corrected chi connectivity index (χ0v) is 8.94. The number of nitrogens with one attached hydrogen (secondary N) is 2. The summed E-state index contributed by atoms with van der Waals surface area (Å²) in [5.74, 6) is 1.47. The molecule has 2 saturated heterocycles. The third-order valence-corrected chi connectivity index (χ3v) is 4.27. The van der Waals surface area contributed by atoms with Gasteiger partial charge in [0.05, 0.1) is 6.04 Å². The Kier molecular flexibility index (Phi) is 3.18. The molecular formula is C9H16N2O2S. The first-order valence-electron chi connectivity index (χ1n) is 5.14. The van der Waals surface area contributed by atoms with Crippen molar-refractivity contribution in [3.05, 3.63) is 0 Å². The Morgan fingerprint density at radius 2 is 2.29 bits per heavy atom. The summed E-state index contributed by atoms with van der Waals surface area (Å²) >= 11 is 0. The van der Waals surface area contributed by atoms with E-state index < -0.39 is 10.8 Å². The molecule has 0 aromatic heterocycles. The smallest absolute Gasteiger partial charge is 0.237 e. The number of carbonyl (C=O) groups is 1. The molecule has 14 heavy (non-hydrogen) atoms. The first-order valence-corrected chi connectivity index (χ1v) is 6.63. The summed E-state index contributed by atoms with van der Waals surface area (Å²) in [5, 5.41) is 6.11. The van der Waals surface area contributed by atoms with Crippen LogP contribution in [0.2, 0.25) is 0 Å². The van der Waals surface area contributed by atoms with E-state index in [1.54, 1.807) is 0 Å². The first-order chi connectivity index (χ1) is 6.75. The van der Waals surface area contributed by atoms with Crippen molar-refractivity contribution in [1.82, 2.24) is 10.6 Å². The topological polar surface area (TPSA) is 58.2 Å². The van der Waals surface area contributed by atoms with Crippen LogP contribution < -0.4 is 10.6 Å². The number of hydrogen-bond donors (Lipinski definition) is 2. The molecule has 2 heterocycles. The van der Waals surface area contributed by atoms with E-state index in [4.69, 9.17) is 0 Å². The quantitative estimate of drug-likeness (QED) is 0.646. The van der Waals surface area contributed by atoms with E-state index in [2.05, 4.69) is 10.6 Å². The van der Waals surface area contributed by atoms with Crippen LogP contribution >= 0.6 is 0 Å². The number of carbonyl (C=O) groups excluding carboxylic acids is 1. The second-order valence-corrected chi connectivity index (χ2v) is 5.57. The average molecular weight is 216 g/mol. The summed E-state index contributed by atoms with van der Waals surface area (Å²) in [6.07, 6.45) is 2.88. The lowest BCUT2D eigenvalue weighted by atomic mass is 10.2. The van der Waals surface area contributed by atoms with E-state index in [1.165, 1.54) is 0 Å². The van der Waals surface area contributed by atoms with E-state index in [9.17, 15) is 9.00 Å². The molecule has 2 fully saturated rings. The summed E-state index contributed by atoms with van der Waals surface area (Å²) in [6, 6.07) is 0.134. The van der Waals surface area contributed by atoms with Crippen LogP contribution in [0, 0.1) is 0 Å². The van der Waals surface area contributed by atoms with Gasteiger partial charge in [-0.05, 0) is 25.8 Å². The molecule has 2 aliphatic rings. The first kappa shape index (κ1) is 10.1. The number of hydrogen-bond acceptors (Lipinski definition) is 3. The highest BCUT2D eigenvalue weighted by Gasteiger charge is 2.27. The van der Waals surface area contributed by atoms with Gasteiger partial charge in [0.2, 0.25) is 5.91 Å². The SMILES string of the molecule is O=C(NC1CCS(=O)C1)[C@H]1CCCN1. The molecule has 3 atom stereocenters. The van der Waals surface area contributed by atoms with Crippen molar-refractivity contribution in [3.8, 4) is 0 Å². The van der Waals surface area contributed by atoms with E-state index in [0.29, 0.717) is 5.75 Å². The molecule has 2 N–H and O–H groups in total. The monoisotopic (exact) mass is 216 g/mol. The Balaban J connectivity index is 1.79. The highest BCUT2D eigenvalue weighted by molar-refractivity contribution is 7.85. The van der Waals surface area contributed by atoms with E-state index >= 15 is 0 Å². The third-order valence-electron chi connectivity index (χ3n) is 2.80. The van der Waals surface area contributed by atoms with Crippen LogP contribution in [0.5, 0.6) is 0 Å². The fourth-order valence-corrected chi connectivity index (χ4v) is 3.40. The third kappa shape index (κ3) is 2.33. The van der Waals surface area contributed by atoms with E-state index in [-0.39, 0.29) is 18.0 Å². The minimum Gasteiger partial charge on any atom is -0.351 e. The zero-order valence-electron chi connectivity index (χ0n) is 8.12. The Morgan fingerprint density at radius 3 is 2.86 bits per heavy atom. The maximum Gasteiger partial charge on any atom is 0.237 e. The van der Waals surface area contributed by atoms with Crippen LogP contribution in [-0.4, -0.2) is 40.3 Å². The summed E-state index contributed by atoms with van der Waals surface area (Å²) in [7, 11) is -0.706. The number of amides is 1. The normalized spacial score (nSPS) is 37.3. The molecule has 0 radical (unpaired) electrons. The Hall–Kier alpha value is -0.420. The summed E-state index contributed by atoms with van der Waals surface area (Å²) in [6.45, 7) is 0.939. The number of rotatable bonds is 2. The molecule has 1 amide bonds. The molecule has 0 bridgehead atoms. The van der Waals surface area contributed by atoms with Crippen LogP contribution in [-0.2, 0) is 15.6 Å². The molecule has 2 unspecified atom stereocenters. The van der Waals surface area contributed by atoms with Crippen LogP contribution in [0.1, 0.15) is 19.3 Å². The van der Waals surface area contributed by atoms with Gasteiger partial charge in [-0.15, -0.1) is 0 Å². The highest BCUT2D eigenvalue weighted by atomic mass is 32.2. The van der Waals surface area contributed by atoms with Crippen molar-refractivity contribution in [1.29, 1.82) is 0 Å². The van der Waals surface area contributed by atoms with Gasteiger partial charge in [0, 0.05) is 28.3 Å². The van der Waals surface area contributed by atoms with Gasteiger partial charge in [-0.1, -0.05) is 0 Å². The van der Waals surface area contributed by atoms with Crippen LogP contribution in [0.3, 0.4) is 0 Å². The van der Waals surface area contributed by atoms with Crippen molar-refractivity contribution in [2.75, 3.05) is 18.1 Å². The Labute approximate surface area is 86.3 Å². The molecule has 5 heteroatoms.